The summed E-state index contributed by atoms with van der Waals surface area (Å²) in [5.41, 5.74) is 18.3. The minimum atomic E-state index is -0.733. The summed E-state index contributed by atoms with van der Waals surface area (Å²) in [7, 11) is 1.92. The molecule has 2 aromatic rings. The summed E-state index contributed by atoms with van der Waals surface area (Å²) in [6, 6.07) is 6.79. The van der Waals surface area contributed by atoms with Crippen molar-refractivity contribution in [3.05, 3.63) is 53.5 Å². The van der Waals surface area contributed by atoms with Crippen LogP contribution in [0.25, 0.3) is 5.57 Å². The number of nitrogens with zero attached hydrogens (tertiary/aromatic N) is 3. The Kier molecular flexibility index (Phi) is 5.29. The highest BCUT2D eigenvalue weighted by Gasteiger charge is 2.43. The molecule has 8 nitrogen and oxygen atoms in total. The van der Waals surface area contributed by atoms with Gasteiger partial charge in [0.2, 0.25) is 5.96 Å². The zero-order chi connectivity index (χ0) is 21.4. The summed E-state index contributed by atoms with van der Waals surface area (Å²) < 4.78 is 1.80. The largest absolute Gasteiger partial charge is 0.334 e. The van der Waals surface area contributed by atoms with Gasteiger partial charge in [-0.2, -0.15) is 5.10 Å². The second kappa shape index (κ2) is 8.11. The molecule has 3 aliphatic rings. The lowest BCUT2D eigenvalue weighted by atomic mass is 9.74. The van der Waals surface area contributed by atoms with Crippen molar-refractivity contribution in [1.29, 1.82) is 0 Å². The van der Waals surface area contributed by atoms with Gasteiger partial charge in [0.25, 0.3) is 0 Å². The molecule has 0 radical (unpaired) electrons. The van der Waals surface area contributed by atoms with Crippen LogP contribution in [0.1, 0.15) is 42.4 Å². The molecule has 1 unspecified atom stereocenters. The summed E-state index contributed by atoms with van der Waals surface area (Å²) >= 11 is 0. The third-order valence-electron chi connectivity index (χ3n) is 6.88. The van der Waals surface area contributed by atoms with Gasteiger partial charge in [0.1, 0.15) is 5.66 Å². The van der Waals surface area contributed by atoms with Gasteiger partial charge in [0.05, 0.1) is 6.20 Å². The predicted molar refractivity (Wildman–Crippen MR) is 124 cm³/mol. The molecule has 1 aromatic heterocycles. The van der Waals surface area contributed by atoms with Crippen molar-refractivity contribution in [2.24, 2.45) is 29.4 Å². The Morgan fingerprint density at radius 2 is 2.03 bits per heavy atom. The van der Waals surface area contributed by atoms with Crippen molar-refractivity contribution in [2.75, 3.05) is 11.9 Å². The van der Waals surface area contributed by atoms with E-state index < -0.39 is 5.66 Å². The fourth-order valence-corrected chi connectivity index (χ4v) is 5.06. The second-order valence-corrected chi connectivity index (χ2v) is 9.06. The molecule has 164 valence electrons. The lowest BCUT2D eigenvalue weighted by molar-refractivity contribution is 0.226. The smallest absolute Gasteiger partial charge is 0.202 e. The number of fused-ring (bicyclic) bond motifs is 1. The first-order valence-corrected chi connectivity index (χ1v) is 11.2. The lowest BCUT2D eigenvalue weighted by Crippen LogP contribution is -2.64. The number of hydrogen-bond donors (Lipinski definition) is 5. The molecule has 1 aliphatic carbocycles. The maximum absolute atomic E-state index is 7.13. The molecule has 1 aromatic carbocycles. The number of nitrogens with one attached hydrogen (secondary N) is 3. The Labute approximate surface area is 183 Å². The van der Waals surface area contributed by atoms with Gasteiger partial charge in [-0.25, -0.2) is 4.99 Å². The summed E-state index contributed by atoms with van der Waals surface area (Å²) in [6.45, 7) is 1.94. The zero-order valence-corrected chi connectivity index (χ0v) is 18.1. The second-order valence-electron chi connectivity index (χ2n) is 9.06. The Hall–Kier alpha value is -2.68. The summed E-state index contributed by atoms with van der Waals surface area (Å²) in [5, 5.41) is 14.8. The molecule has 7 N–H and O–H groups in total. The molecule has 2 aliphatic heterocycles. The maximum Gasteiger partial charge on any atom is 0.202 e. The van der Waals surface area contributed by atoms with E-state index in [1.165, 1.54) is 11.1 Å². The number of nitrogens with two attached hydrogens (primary N) is 2. The lowest BCUT2D eigenvalue weighted by Gasteiger charge is -2.44. The normalized spacial score (nSPS) is 28.2. The van der Waals surface area contributed by atoms with Crippen LogP contribution in [0.4, 0.5) is 5.69 Å². The van der Waals surface area contributed by atoms with E-state index >= 15 is 0 Å². The summed E-state index contributed by atoms with van der Waals surface area (Å²) in [6.07, 6.45) is 10.8. The molecule has 0 amide bonds. The van der Waals surface area contributed by atoms with E-state index in [0.29, 0.717) is 5.96 Å². The molecule has 1 atom stereocenters. The van der Waals surface area contributed by atoms with Gasteiger partial charge >= 0.3 is 0 Å². The SMILES string of the molecule is Cn1cc(C2=CN=C(Nc3ccc4c(c3)CNCC4)NC2(N)C2CCC(N)CC2)cn1. The molecule has 1 saturated carbocycles. The molecule has 0 bridgehead atoms. The van der Waals surface area contributed by atoms with Crippen LogP contribution in [0, 0.1) is 5.92 Å². The highest BCUT2D eigenvalue weighted by atomic mass is 15.3. The van der Waals surface area contributed by atoms with Crippen LogP contribution in [-0.2, 0) is 20.0 Å². The highest BCUT2D eigenvalue weighted by molar-refractivity contribution is 5.98. The minimum absolute atomic E-state index is 0.263. The van der Waals surface area contributed by atoms with Crippen LogP contribution in [0.2, 0.25) is 0 Å². The van der Waals surface area contributed by atoms with Crippen molar-refractivity contribution >= 4 is 17.2 Å². The predicted octanol–water partition coefficient (Wildman–Crippen LogP) is 1.65. The average molecular weight is 421 g/mol. The Balaban J connectivity index is 1.44. The van der Waals surface area contributed by atoms with Crippen LogP contribution in [-0.4, -0.2) is 34.0 Å². The third kappa shape index (κ3) is 3.98. The number of aryl methyl sites for hydroxylation is 1. The first kappa shape index (κ1) is 20.2. The van der Waals surface area contributed by atoms with Gasteiger partial charge in [0, 0.05) is 48.9 Å². The topological polar surface area (TPSA) is 118 Å². The van der Waals surface area contributed by atoms with Gasteiger partial charge in [-0.15, -0.1) is 0 Å². The first-order chi connectivity index (χ1) is 15.0. The Morgan fingerprint density at radius 3 is 2.81 bits per heavy atom. The molecular formula is C23H32N8. The fourth-order valence-electron chi connectivity index (χ4n) is 5.06. The maximum atomic E-state index is 7.13. The van der Waals surface area contributed by atoms with E-state index in [2.05, 4.69) is 44.2 Å². The van der Waals surface area contributed by atoms with Crippen LogP contribution in [0.15, 0.2) is 41.8 Å². The van der Waals surface area contributed by atoms with Gasteiger partial charge in [-0.05, 0) is 67.8 Å². The van der Waals surface area contributed by atoms with E-state index in [4.69, 9.17) is 11.5 Å². The van der Waals surface area contributed by atoms with E-state index in [9.17, 15) is 0 Å². The molecule has 5 rings (SSSR count). The molecule has 0 saturated heterocycles. The highest BCUT2D eigenvalue weighted by Crippen LogP contribution is 2.39. The van der Waals surface area contributed by atoms with E-state index in [0.717, 1.165) is 62.0 Å². The number of aromatic nitrogens is 2. The molecule has 3 heterocycles. The first-order valence-electron chi connectivity index (χ1n) is 11.2. The number of benzene rings is 1. The molecule has 1 fully saturated rings. The quantitative estimate of drug-likeness (QED) is 0.515. The standard InChI is InChI=1S/C23H32N8/c1-31-14-17(12-28-31)21-13-27-22(30-23(21,25)18-3-5-19(24)6-4-18)29-20-7-2-15-8-9-26-11-16(15)10-20/h2,7,10,12-14,18-19,26H,3-6,8-9,11,24-25H2,1H3,(H2,27,29,30). The molecular weight excluding hydrogens is 388 g/mol. The van der Waals surface area contributed by atoms with Crippen molar-refractivity contribution in [1.82, 2.24) is 20.4 Å². The summed E-state index contributed by atoms with van der Waals surface area (Å²) in [4.78, 5) is 4.68. The van der Waals surface area contributed by atoms with Crippen LogP contribution in [0.3, 0.4) is 0 Å². The number of rotatable bonds is 3. The van der Waals surface area contributed by atoms with E-state index in [1.54, 1.807) is 4.68 Å². The average Bonchev–Trinajstić information content (AvgIpc) is 3.20. The van der Waals surface area contributed by atoms with E-state index in [-0.39, 0.29) is 12.0 Å². The van der Waals surface area contributed by atoms with Gasteiger partial charge < -0.3 is 27.4 Å². The Bertz CT molecular complexity index is 1010. The number of guanidine groups is 1. The zero-order valence-electron chi connectivity index (χ0n) is 18.1. The summed E-state index contributed by atoms with van der Waals surface area (Å²) in [5.74, 6) is 0.938. The van der Waals surface area contributed by atoms with Crippen molar-refractivity contribution in [2.45, 2.75) is 50.4 Å². The van der Waals surface area contributed by atoms with Gasteiger partial charge in [-0.3, -0.25) is 4.68 Å². The monoisotopic (exact) mass is 420 g/mol. The van der Waals surface area contributed by atoms with Gasteiger partial charge in [0.15, 0.2) is 0 Å². The van der Waals surface area contributed by atoms with Crippen molar-refractivity contribution in [3.8, 4) is 0 Å². The van der Waals surface area contributed by atoms with E-state index in [1.807, 2.05) is 25.6 Å². The Morgan fingerprint density at radius 1 is 1.19 bits per heavy atom. The van der Waals surface area contributed by atoms with Crippen molar-refractivity contribution < 1.29 is 0 Å². The van der Waals surface area contributed by atoms with Crippen LogP contribution >= 0.6 is 0 Å². The van der Waals surface area contributed by atoms with Crippen LogP contribution in [0.5, 0.6) is 0 Å². The number of hydrogen-bond acceptors (Lipinski definition) is 7. The molecule has 0 spiro atoms. The molecule has 8 heteroatoms. The minimum Gasteiger partial charge on any atom is -0.334 e. The molecule has 31 heavy (non-hydrogen) atoms. The van der Waals surface area contributed by atoms with Crippen LogP contribution < -0.4 is 27.4 Å². The van der Waals surface area contributed by atoms with Crippen molar-refractivity contribution in [3.63, 3.8) is 0 Å². The fraction of sp³-hybridized carbons (Fsp3) is 0.478. The number of aliphatic imine (C=N–C) groups is 1. The third-order valence-corrected chi connectivity index (χ3v) is 6.88. The van der Waals surface area contributed by atoms with Gasteiger partial charge in [-0.1, -0.05) is 6.07 Å². The number of anilines is 1.